The molecule has 0 bridgehead atoms. The van der Waals surface area contributed by atoms with Crippen molar-refractivity contribution in [3.63, 3.8) is 0 Å². The number of benzene rings is 2. The first-order valence-corrected chi connectivity index (χ1v) is 7.48. The predicted octanol–water partition coefficient (Wildman–Crippen LogP) is 1.77. The Labute approximate surface area is 140 Å². The zero-order valence-corrected chi connectivity index (χ0v) is 13.7. The molecule has 6 nitrogen and oxygen atoms in total. The van der Waals surface area contributed by atoms with Crippen LogP contribution >= 0.6 is 0 Å². The predicted molar refractivity (Wildman–Crippen MR) is 89.7 cm³/mol. The maximum absolute atomic E-state index is 11.9. The van der Waals surface area contributed by atoms with Gasteiger partial charge < -0.3 is 9.47 Å². The largest absolute Gasteiger partial charge is 0.493 e. The monoisotopic (exact) mass is 328 g/mol. The Hall–Kier alpha value is -3.02. The quantitative estimate of drug-likeness (QED) is 0.793. The molecule has 0 fully saturated rings. The van der Waals surface area contributed by atoms with E-state index in [-0.39, 0.29) is 18.9 Å². The Bertz CT molecular complexity index is 716. The molecule has 0 saturated heterocycles. The minimum Gasteiger partial charge on any atom is -0.493 e. The van der Waals surface area contributed by atoms with Crippen LogP contribution in [0.2, 0.25) is 0 Å². The van der Waals surface area contributed by atoms with Gasteiger partial charge in [0.2, 0.25) is 5.91 Å². The van der Waals surface area contributed by atoms with Crippen LogP contribution in [0.3, 0.4) is 0 Å². The highest BCUT2D eigenvalue weighted by molar-refractivity contribution is 5.84. The second-order valence-electron chi connectivity index (χ2n) is 5.14. The summed E-state index contributed by atoms with van der Waals surface area (Å²) >= 11 is 0. The van der Waals surface area contributed by atoms with Crippen molar-refractivity contribution < 1.29 is 19.1 Å². The summed E-state index contributed by atoms with van der Waals surface area (Å²) in [6.07, 6.45) is 0.195. The van der Waals surface area contributed by atoms with Gasteiger partial charge in [-0.2, -0.15) is 0 Å². The molecule has 2 aromatic rings. The van der Waals surface area contributed by atoms with Crippen LogP contribution in [-0.2, 0) is 16.0 Å². The molecule has 126 valence electrons. The number of carbonyl (C=O) groups is 2. The second-order valence-corrected chi connectivity index (χ2v) is 5.14. The number of nitrogens with one attached hydrogen (secondary N) is 2. The molecular weight excluding hydrogens is 308 g/mol. The van der Waals surface area contributed by atoms with Crippen molar-refractivity contribution in [1.29, 1.82) is 0 Å². The van der Waals surface area contributed by atoms with Gasteiger partial charge in [-0.3, -0.25) is 20.4 Å². The summed E-state index contributed by atoms with van der Waals surface area (Å²) in [5.41, 5.74) is 6.64. The van der Waals surface area contributed by atoms with Gasteiger partial charge >= 0.3 is 0 Å². The van der Waals surface area contributed by atoms with Crippen molar-refractivity contribution in [2.75, 3.05) is 13.7 Å². The topological polar surface area (TPSA) is 76.7 Å². The Morgan fingerprint density at radius 1 is 0.917 bits per heavy atom. The first-order valence-electron chi connectivity index (χ1n) is 7.48. The summed E-state index contributed by atoms with van der Waals surface area (Å²) in [6.45, 7) is 1.70. The van der Waals surface area contributed by atoms with Crippen LogP contribution in [-0.4, -0.2) is 25.5 Å². The summed E-state index contributed by atoms with van der Waals surface area (Å²) in [5, 5.41) is 0. The molecule has 0 aliphatic carbocycles. The SMILES string of the molecule is COc1ccccc1OCC(=O)NNC(=O)Cc1ccccc1C. The fourth-order valence-corrected chi connectivity index (χ4v) is 2.08. The average Bonchev–Trinajstić information content (AvgIpc) is 2.60. The normalized spacial score (nSPS) is 9.92. The highest BCUT2D eigenvalue weighted by Crippen LogP contribution is 2.25. The molecule has 0 saturated carbocycles. The zero-order valence-electron chi connectivity index (χ0n) is 13.7. The van der Waals surface area contributed by atoms with E-state index in [0.717, 1.165) is 11.1 Å². The van der Waals surface area contributed by atoms with Crippen molar-refractivity contribution >= 4 is 11.8 Å². The van der Waals surface area contributed by atoms with Gasteiger partial charge in [0.05, 0.1) is 13.5 Å². The van der Waals surface area contributed by atoms with E-state index in [1.54, 1.807) is 24.3 Å². The molecule has 2 N–H and O–H groups in total. The minimum absolute atomic E-state index is 0.195. The van der Waals surface area contributed by atoms with Crippen molar-refractivity contribution in [2.24, 2.45) is 0 Å². The molecule has 2 rings (SSSR count). The summed E-state index contributed by atoms with van der Waals surface area (Å²) in [6, 6.07) is 14.6. The Morgan fingerprint density at radius 3 is 2.25 bits per heavy atom. The van der Waals surface area contributed by atoms with Crippen LogP contribution in [0.25, 0.3) is 0 Å². The van der Waals surface area contributed by atoms with E-state index in [4.69, 9.17) is 9.47 Å². The first-order chi connectivity index (χ1) is 11.6. The molecule has 24 heavy (non-hydrogen) atoms. The maximum Gasteiger partial charge on any atom is 0.276 e. The fourth-order valence-electron chi connectivity index (χ4n) is 2.08. The molecule has 0 aliphatic heterocycles. The minimum atomic E-state index is -0.459. The summed E-state index contributed by atoms with van der Waals surface area (Å²) in [7, 11) is 1.52. The molecule has 0 heterocycles. The van der Waals surface area contributed by atoms with E-state index >= 15 is 0 Å². The van der Waals surface area contributed by atoms with Crippen LogP contribution in [0.1, 0.15) is 11.1 Å². The maximum atomic E-state index is 11.9. The van der Waals surface area contributed by atoms with Gasteiger partial charge in [0, 0.05) is 0 Å². The lowest BCUT2D eigenvalue weighted by Crippen LogP contribution is -2.44. The lowest BCUT2D eigenvalue weighted by molar-refractivity contribution is -0.129. The standard InChI is InChI=1S/C18H20N2O4/c1-13-7-3-4-8-14(13)11-17(21)19-20-18(22)12-24-16-10-6-5-9-15(16)23-2/h3-10H,11-12H2,1-2H3,(H,19,21)(H,20,22). The van der Waals surface area contributed by atoms with E-state index in [9.17, 15) is 9.59 Å². The third kappa shape index (κ3) is 5.01. The van der Waals surface area contributed by atoms with Gasteiger partial charge in [-0.05, 0) is 30.2 Å². The second kappa shape index (κ2) is 8.57. The lowest BCUT2D eigenvalue weighted by Gasteiger charge is -2.11. The number of para-hydroxylation sites is 2. The van der Waals surface area contributed by atoms with Crippen LogP contribution in [0, 0.1) is 6.92 Å². The molecule has 0 unspecified atom stereocenters. The number of hydrazine groups is 1. The van der Waals surface area contributed by atoms with Gasteiger partial charge in [0.25, 0.3) is 5.91 Å². The highest BCUT2D eigenvalue weighted by Gasteiger charge is 2.09. The van der Waals surface area contributed by atoms with E-state index in [0.29, 0.717) is 11.5 Å². The molecule has 2 aromatic carbocycles. The number of amides is 2. The molecule has 0 atom stereocenters. The summed E-state index contributed by atoms with van der Waals surface area (Å²) in [4.78, 5) is 23.6. The van der Waals surface area contributed by atoms with Gasteiger partial charge in [-0.1, -0.05) is 36.4 Å². The van der Waals surface area contributed by atoms with Crippen LogP contribution in [0.5, 0.6) is 11.5 Å². The third-order valence-corrected chi connectivity index (χ3v) is 3.38. The number of rotatable bonds is 6. The van der Waals surface area contributed by atoms with E-state index in [2.05, 4.69) is 10.9 Å². The molecule has 2 amide bonds. The number of hydrogen-bond donors (Lipinski definition) is 2. The van der Waals surface area contributed by atoms with Crippen LogP contribution < -0.4 is 20.3 Å². The van der Waals surface area contributed by atoms with Crippen molar-refractivity contribution in [3.8, 4) is 11.5 Å². The van der Waals surface area contributed by atoms with Crippen molar-refractivity contribution in [2.45, 2.75) is 13.3 Å². The third-order valence-electron chi connectivity index (χ3n) is 3.38. The van der Waals surface area contributed by atoms with Gasteiger partial charge in [-0.25, -0.2) is 0 Å². The number of methoxy groups -OCH3 is 1. The zero-order chi connectivity index (χ0) is 17.4. The summed E-state index contributed by atoms with van der Waals surface area (Å²) < 4.78 is 10.5. The smallest absolute Gasteiger partial charge is 0.276 e. The van der Waals surface area contributed by atoms with Crippen LogP contribution in [0.4, 0.5) is 0 Å². The number of carbonyl (C=O) groups excluding carboxylic acids is 2. The number of hydrogen-bond acceptors (Lipinski definition) is 4. The van der Waals surface area contributed by atoms with Gasteiger partial charge in [0.1, 0.15) is 0 Å². The molecule has 0 aromatic heterocycles. The fraction of sp³-hybridized carbons (Fsp3) is 0.222. The summed E-state index contributed by atoms with van der Waals surface area (Å²) in [5.74, 6) is 0.240. The lowest BCUT2D eigenvalue weighted by atomic mass is 10.1. The van der Waals surface area contributed by atoms with E-state index < -0.39 is 5.91 Å². The van der Waals surface area contributed by atoms with Crippen LogP contribution in [0.15, 0.2) is 48.5 Å². The average molecular weight is 328 g/mol. The van der Waals surface area contributed by atoms with Crippen molar-refractivity contribution in [3.05, 3.63) is 59.7 Å². The Morgan fingerprint density at radius 2 is 1.54 bits per heavy atom. The Balaban J connectivity index is 1.77. The first kappa shape index (κ1) is 17.3. The van der Waals surface area contributed by atoms with Gasteiger partial charge in [-0.15, -0.1) is 0 Å². The van der Waals surface area contributed by atoms with E-state index in [1.807, 2.05) is 31.2 Å². The highest BCUT2D eigenvalue weighted by atomic mass is 16.5. The molecule has 0 radical (unpaired) electrons. The molecule has 6 heteroatoms. The van der Waals surface area contributed by atoms with E-state index in [1.165, 1.54) is 7.11 Å². The number of aryl methyl sites for hydroxylation is 1. The van der Waals surface area contributed by atoms with Crippen molar-refractivity contribution in [1.82, 2.24) is 10.9 Å². The van der Waals surface area contributed by atoms with Gasteiger partial charge in [0.15, 0.2) is 18.1 Å². The Kier molecular flexibility index (Phi) is 6.19. The molecular formula is C18H20N2O4. The molecule has 0 spiro atoms. The molecule has 0 aliphatic rings. The number of ether oxygens (including phenoxy) is 2.